The molecule has 1 aliphatic heterocycles. The van der Waals surface area contributed by atoms with E-state index < -0.39 is 0 Å². The summed E-state index contributed by atoms with van der Waals surface area (Å²) in [5.41, 5.74) is 0.527. The first kappa shape index (κ1) is 19.2. The number of carbonyl (C=O) groups excluding carboxylic acids is 1. The first-order valence-electron chi connectivity index (χ1n) is 9.14. The Morgan fingerprint density at radius 3 is 2.52 bits per heavy atom. The molecule has 0 spiro atoms. The lowest BCUT2D eigenvalue weighted by molar-refractivity contribution is -0.131. The number of hydrogen-bond donors (Lipinski definition) is 0. The van der Waals surface area contributed by atoms with E-state index in [1.54, 1.807) is 12.1 Å². The van der Waals surface area contributed by atoms with Gasteiger partial charge < -0.3 is 14.7 Å². The van der Waals surface area contributed by atoms with Crippen LogP contribution in [-0.4, -0.2) is 67.0 Å². The molecular formula is C19H29N5O. The predicted octanol–water partition coefficient (Wildman–Crippen LogP) is 1.97. The maximum absolute atomic E-state index is 12.5. The van der Waals surface area contributed by atoms with E-state index in [1.807, 2.05) is 16.8 Å². The molecule has 0 N–H and O–H groups in total. The zero-order chi connectivity index (χ0) is 18.2. The number of rotatable bonds is 7. The minimum atomic E-state index is 0.148. The van der Waals surface area contributed by atoms with E-state index in [1.165, 1.54) is 6.20 Å². The lowest BCUT2D eigenvalue weighted by Crippen LogP contribution is -2.45. The van der Waals surface area contributed by atoms with Crippen molar-refractivity contribution in [3.8, 4) is 6.07 Å². The molecule has 0 atom stereocenters. The van der Waals surface area contributed by atoms with Crippen LogP contribution in [0.1, 0.15) is 32.3 Å². The lowest BCUT2D eigenvalue weighted by Gasteiger charge is -2.35. The Hall–Kier alpha value is -2.13. The number of likely N-dealkylation sites (N-methyl/N-ethyl adjacent to an activating group) is 1. The van der Waals surface area contributed by atoms with Crippen molar-refractivity contribution >= 4 is 11.7 Å². The van der Waals surface area contributed by atoms with Crippen LogP contribution in [-0.2, 0) is 4.79 Å². The molecule has 0 bridgehead atoms. The highest BCUT2D eigenvalue weighted by Gasteiger charge is 2.24. The van der Waals surface area contributed by atoms with E-state index in [0.717, 1.165) is 45.6 Å². The van der Waals surface area contributed by atoms with E-state index in [-0.39, 0.29) is 5.91 Å². The molecule has 1 amide bonds. The van der Waals surface area contributed by atoms with Gasteiger partial charge in [-0.3, -0.25) is 4.79 Å². The number of hydrogen-bond acceptors (Lipinski definition) is 5. The summed E-state index contributed by atoms with van der Waals surface area (Å²) in [4.78, 5) is 23.1. The van der Waals surface area contributed by atoms with Crippen LogP contribution in [0.2, 0.25) is 0 Å². The third-order valence-corrected chi connectivity index (χ3v) is 5.02. The van der Waals surface area contributed by atoms with Gasteiger partial charge in [-0.15, -0.1) is 0 Å². The molecule has 1 aromatic heterocycles. The third-order valence-electron chi connectivity index (χ3n) is 5.02. The summed E-state index contributed by atoms with van der Waals surface area (Å²) in [5.74, 6) is 1.56. The Bertz CT molecular complexity index is 583. The fraction of sp³-hybridized carbons (Fsp3) is 0.632. The summed E-state index contributed by atoms with van der Waals surface area (Å²) in [6, 6.07) is 5.56. The highest BCUT2D eigenvalue weighted by molar-refractivity contribution is 5.81. The summed E-state index contributed by atoms with van der Waals surface area (Å²) in [6.07, 6.45) is 3.71. The Balaban J connectivity index is 1.80. The molecule has 0 aliphatic carbocycles. The number of aromatic nitrogens is 1. The van der Waals surface area contributed by atoms with Crippen LogP contribution >= 0.6 is 0 Å². The maximum atomic E-state index is 12.5. The van der Waals surface area contributed by atoms with Crippen molar-refractivity contribution in [3.05, 3.63) is 23.9 Å². The maximum Gasteiger partial charge on any atom is 0.242 e. The first-order valence-corrected chi connectivity index (χ1v) is 9.14. The van der Waals surface area contributed by atoms with Gasteiger partial charge in [0, 0.05) is 32.9 Å². The summed E-state index contributed by atoms with van der Waals surface area (Å²) in [7, 11) is 1.86. The number of anilines is 1. The second kappa shape index (κ2) is 9.38. The van der Waals surface area contributed by atoms with Gasteiger partial charge in [0.05, 0.1) is 12.1 Å². The smallest absolute Gasteiger partial charge is 0.242 e. The Labute approximate surface area is 151 Å². The Morgan fingerprint density at radius 1 is 1.32 bits per heavy atom. The van der Waals surface area contributed by atoms with Crippen LogP contribution in [0.25, 0.3) is 0 Å². The molecule has 25 heavy (non-hydrogen) atoms. The van der Waals surface area contributed by atoms with Crippen LogP contribution in [0.3, 0.4) is 0 Å². The van der Waals surface area contributed by atoms with Gasteiger partial charge in [0.25, 0.3) is 0 Å². The summed E-state index contributed by atoms with van der Waals surface area (Å²) >= 11 is 0. The molecule has 136 valence electrons. The van der Waals surface area contributed by atoms with Crippen molar-refractivity contribution in [2.45, 2.75) is 26.7 Å². The summed E-state index contributed by atoms with van der Waals surface area (Å²) in [6.45, 7) is 9.75. The van der Waals surface area contributed by atoms with Crippen molar-refractivity contribution in [1.29, 1.82) is 5.26 Å². The minimum absolute atomic E-state index is 0.148. The van der Waals surface area contributed by atoms with Crippen LogP contribution < -0.4 is 4.90 Å². The molecule has 1 aliphatic rings. The molecule has 2 rings (SSSR count). The second-order valence-electron chi connectivity index (χ2n) is 6.68. The fourth-order valence-electron chi connectivity index (χ4n) is 3.27. The summed E-state index contributed by atoms with van der Waals surface area (Å²) < 4.78 is 0. The molecule has 6 nitrogen and oxygen atoms in total. The minimum Gasteiger partial charge on any atom is -0.350 e. The predicted molar refractivity (Wildman–Crippen MR) is 99.3 cm³/mol. The van der Waals surface area contributed by atoms with Crippen molar-refractivity contribution in [1.82, 2.24) is 14.8 Å². The van der Waals surface area contributed by atoms with E-state index in [0.29, 0.717) is 23.8 Å². The molecule has 6 heteroatoms. The van der Waals surface area contributed by atoms with Gasteiger partial charge in [-0.25, -0.2) is 4.98 Å². The van der Waals surface area contributed by atoms with Gasteiger partial charge in [0.1, 0.15) is 11.9 Å². The topological polar surface area (TPSA) is 63.5 Å². The number of piperidine rings is 1. The van der Waals surface area contributed by atoms with Gasteiger partial charge >= 0.3 is 0 Å². The monoisotopic (exact) mass is 343 g/mol. The van der Waals surface area contributed by atoms with Crippen molar-refractivity contribution in [2.75, 3.05) is 51.2 Å². The van der Waals surface area contributed by atoms with Gasteiger partial charge in [0.15, 0.2) is 0 Å². The van der Waals surface area contributed by atoms with E-state index in [9.17, 15) is 4.79 Å². The zero-order valence-electron chi connectivity index (χ0n) is 15.6. The standard InChI is InChI=1S/C19H29N5O/c1-4-23(5-2)14-16-8-10-24(11-9-16)19(25)15-22(3)18-7-6-17(12-20)13-21-18/h6-7,13,16H,4-5,8-11,14-15H2,1-3H3. The largest absolute Gasteiger partial charge is 0.350 e. The lowest BCUT2D eigenvalue weighted by atomic mass is 9.96. The first-order chi connectivity index (χ1) is 12.1. The van der Waals surface area contributed by atoms with Crippen LogP contribution in [0.4, 0.5) is 5.82 Å². The van der Waals surface area contributed by atoms with E-state index in [4.69, 9.17) is 5.26 Å². The van der Waals surface area contributed by atoms with Gasteiger partial charge in [-0.1, -0.05) is 13.8 Å². The van der Waals surface area contributed by atoms with Gasteiger partial charge in [0.2, 0.25) is 5.91 Å². The SMILES string of the molecule is CCN(CC)CC1CCN(C(=O)CN(C)c2ccc(C#N)cn2)CC1. The molecular weight excluding hydrogens is 314 g/mol. The molecule has 0 unspecified atom stereocenters. The molecule has 0 radical (unpaired) electrons. The molecule has 1 aromatic rings. The quantitative estimate of drug-likeness (QED) is 0.757. The van der Waals surface area contributed by atoms with Crippen LogP contribution in [0.15, 0.2) is 18.3 Å². The molecule has 0 saturated carbocycles. The van der Waals surface area contributed by atoms with E-state index in [2.05, 4.69) is 29.8 Å². The highest BCUT2D eigenvalue weighted by atomic mass is 16.2. The molecule has 0 aromatic carbocycles. The van der Waals surface area contributed by atoms with E-state index >= 15 is 0 Å². The Kier molecular flexibility index (Phi) is 7.20. The molecule has 1 saturated heterocycles. The Morgan fingerprint density at radius 2 is 2.00 bits per heavy atom. The summed E-state index contributed by atoms with van der Waals surface area (Å²) in [5, 5.41) is 8.82. The number of pyridine rings is 1. The normalized spacial score (nSPS) is 15.2. The molecule has 1 fully saturated rings. The average molecular weight is 343 g/mol. The van der Waals surface area contributed by atoms with Crippen molar-refractivity contribution in [3.63, 3.8) is 0 Å². The highest BCUT2D eigenvalue weighted by Crippen LogP contribution is 2.19. The van der Waals surface area contributed by atoms with Crippen molar-refractivity contribution < 1.29 is 4.79 Å². The van der Waals surface area contributed by atoms with Crippen molar-refractivity contribution in [2.24, 2.45) is 5.92 Å². The average Bonchev–Trinajstić information content (AvgIpc) is 2.66. The number of amides is 1. The van der Waals surface area contributed by atoms with Crippen LogP contribution in [0.5, 0.6) is 0 Å². The third kappa shape index (κ3) is 5.43. The van der Waals surface area contributed by atoms with Crippen LogP contribution in [0, 0.1) is 17.2 Å². The molecule has 2 heterocycles. The van der Waals surface area contributed by atoms with Gasteiger partial charge in [-0.05, 0) is 44.0 Å². The zero-order valence-corrected chi connectivity index (χ0v) is 15.6. The fourth-order valence-corrected chi connectivity index (χ4v) is 3.27. The number of carbonyl (C=O) groups is 1. The van der Waals surface area contributed by atoms with Gasteiger partial charge in [-0.2, -0.15) is 5.26 Å². The number of nitrogens with zero attached hydrogens (tertiary/aromatic N) is 5. The number of nitriles is 1. The second-order valence-corrected chi connectivity index (χ2v) is 6.68. The number of likely N-dealkylation sites (tertiary alicyclic amines) is 1.